The van der Waals surface area contributed by atoms with Crippen LogP contribution in [0.1, 0.15) is 29.5 Å². The van der Waals surface area contributed by atoms with E-state index in [4.69, 9.17) is 0 Å². The third kappa shape index (κ3) is 1.53. The molecule has 1 aliphatic rings. The molecule has 0 amide bonds. The van der Waals surface area contributed by atoms with Crippen molar-refractivity contribution in [1.82, 2.24) is 0 Å². The van der Waals surface area contributed by atoms with Gasteiger partial charge in [0.25, 0.3) is 0 Å². The predicted octanol–water partition coefficient (Wildman–Crippen LogP) is 3.45. The summed E-state index contributed by atoms with van der Waals surface area (Å²) in [5, 5.41) is 9.18. The highest BCUT2D eigenvalue weighted by atomic mass is 16.4. The minimum absolute atomic E-state index is 0.450. The van der Waals surface area contributed by atoms with E-state index in [9.17, 15) is 9.90 Å². The Labute approximate surface area is 106 Å². The van der Waals surface area contributed by atoms with Crippen molar-refractivity contribution in [3.8, 4) is 11.1 Å². The maximum atomic E-state index is 11.2. The van der Waals surface area contributed by atoms with Crippen LogP contribution in [0.15, 0.2) is 42.5 Å². The third-order valence-electron chi connectivity index (χ3n) is 3.72. The first-order valence-corrected chi connectivity index (χ1v) is 6.11. The molecule has 18 heavy (non-hydrogen) atoms. The molecule has 0 saturated carbocycles. The van der Waals surface area contributed by atoms with Crippen LogP contribution in [0.5, 0.6) is 0 Å². The Morgan fingerprint density at radius 1 is 1.11 bits per heavy atom. The normalized spacial score (nSPS) is 13.8. The molecule has 0 heterocycles. The Balaban J connectivity index is 2.17. The van der Waals surface area contributed by atoms with E-state index < -0.39 is 11.9 Å². The molecule has 2 heteroatoms. The van der Waals surface area contributed by atoms with Crippen molar-refractivity contribution < 1.29 is 9.90 Å². The largest absolute Gasteiger partial charge is 0.481 e. The number of carboxylic acids is 1. The Hall–Kier alpha value is -2.09. The van der Waals surface area contributed by atoms with Crippen molar-refractivity contribution in [1.29, 1.82) is 0 Å². The van der Waals surface area contributed by atoms with Gasteiger partial charge in [0.15, 0.2) is 0 Å². The molecule has 2 nitrogen and oxygen atoms in total. The van der Waals surface area contributed by atoms with Gasteiger partial charge in [-0.3, -0.25) is 4.79 Å². The summed E-state index contributed by atoms with van der Waals surface area (Å²) in [7, 11) is 0. The maximum absolute atomic E-state index is 11.2. The molecular weight excluding hydrogens is 224 g/mol. The maximum Gasteiger partial charge on any atom is 0.310 e. The van der Waals surface area contributed by atoms with Crippen LogP contribution < -0.4 is 0 Å². The first-order chi connectivity index (χ1) is 8.68. The summed E-state index contributed by atoms with van der Waals surface area (Å²) >= 11 is 0. The molecule has 90 valence electrons. The van der Waals surface area contributed by atoms with Crippen molar-refractivity contribution in [2.24, 2.45) is 0 Å². The lowest BCUT2D eigenvalue weighted by molar-refractivity contribution is -0.138. The molecule has 3 rings (SSSR count). The second-order valence-corrected chi connectivity index (χ2v) is 4.77. The Morgan fingerprint density at radius 3 is 2.61 bits per heavy atom. The Bertz CT molecular complexity index is 629. The fourth-order valence-electron chi connectivity index (χ4n) is 2.72. The van der Waals surface area contributed by atoms with Gasteiger partial charge >= 0.3 is 5.97 Å². The molecule has 1 aliphatic carbocycles. The Morgan fingerprint density at radius 2 is 1.83 bits per heavy atom. The molecule has 0 fully saturated rings. The number of aliphatic carboxylic acids is 1. The van der Waals surface area contributed by atoms with Crippen LogP contribution in [0.25, 0.3) is 11.1 Å². The molecule has 0 spiro atoms. The molecule has 0 aliphatic heterocycles. The Kier molecular flexibility index (Phi) is 2.44. The van der Waals surface area contributed by atoms with Crippen molar-refractivity contribution in [3.63, 3.8) is 0 Å². The summed E-state index contributed by atoms with van der Waals surface area (Å²) in [6, 6.07) is 14.3. The van der Waals surface area contributed by atoms with Crippen LogP contribution in [0.3, 0.4) is 0 Å². The van der Waals surface area contributed by atoms with Crippen LogP contribution in [-0.2, 0) is 11.2 Å². The first-order valence-electron chi connectivity index (χ1n) is 6.11. The number of carbonyl (C=O) groups is 1. The molecule has 2 aromatic carbocycles. The molecule has 0 aromatic heterocycles. The fourth-order valence-corrected chi connectivity index (χ4v) is 2.72. The van der Waals surface area contributed by atoms with E-state index in [1.807, 2.05) is 24.3 Å². The topological polar surface area (TPSA) is 37.3 Å². The summed E-state index contributed by atoms with van der Waals surface area (Å²) in [5.74, 6) is -1.21. The smallest absolute Gasteiger partial charge is 0.310 e. The highest BCUT2D eigenvalue weighted by molar-refractivity contribution is 5.82. The van der Waals surface area contributed by atoms with E-state index in [1.165, 1.54) is 22.3 Å². The van der Waals surface area contributed by atoms with Crippen LogP contribution in [0.4, 0.5) is 0 Å². The average molecular weight is 238 g/mol. The molecule has 1 N–H and O–H groups in total. The lowest BCUT2D eigenvalue weighted by Gasteiger charge is -2.12. The van der Waals surface area contributed by atoms with Crippen molar-refractivity contribution in [2.75, 3.05) is 0 Å². The number of hydrogen-bond acceptors (Lipinski definition) is 1. The van der Waals surface area contributed by atoms with Gasteiger partial charge in [0.1, 0.15) is 0 Å². The summed E-state index contributed by atoms with van der Waals surface area (Å²) in [6.07, 6.45) is 0.847. The zero-order chi connectivity index (χ0) is 12.7. The van der Waals surface area contributed by atoms with Gasteiger partial charge in [-0.25, -0.2) is 0 Å². The van der Waals surface area contributed by atoms with Gasteiger partial charge in [-0.15, -0.1) is 0 Å². The minimum Gasteiger partial charge on any atom is -0.481 e. The van der Waals surface area contributed by atoms with Gasteiger partial charge < -0.3 is 5.11 Å². The molecule has 0 bridgehead atoms. The molecule has 0 saturated heterocycles. The second kappa shape index (κ2) is 3.98. The molecule has 1 atom stereocenters. The van der Waals surface area contributed by atoms with E-state index in [2.05, 4.69) is 18.2 Å². The predicted molar refractivity (Wildman–Crippen MR) is 70.7 cm³/mol. The van der Waals surface area contributed by atoms with E-state index >= 15 is 0 Å². The summed E-state index contributed by atoms with van der Waals surface area (Å²) < 4.78 is 0. The number of fused-ring (bicyclic) bond motifs is 3. The van der Waals surface area contributed by atoms with E-state index in [0.29, 0.717) is 0 Å². The summed E-state index contributed by atoms with van der Waals surface area (Å²) in [6.45, 7) is 1.75. The van der Waals surface area contributed by atoms with Crippen LogP contribution in [0.2, 0.25) is 0 Å². The lowest BCUT2D eigenvalue weighted by atomic mass is 9.92. The number of rotatable bonds is 2. The summed E-state index contributed by atoms with van der Waals surface area (Å²) in [5.41, 5.74) is 5.84. The van der Waals surface area contributed by atoms with Gasteiger partial charge in [-0.1, -0.05) is 42.5 Å². The van der Waals surface area contributed by atoms with Crippen LogP contribution in [-0.4, -0.2) is 11.1 Å². The number of carboxylic acid groups (broad SMARTS) is 1. The highest BCUT2D eigenvalue weighted by Crippen LogP contribution is 2.39. The number of benzene rings is 2. The van der Waals surface area contributed by atoms with Crippen molar-refractivity contribution in [2.45, 2.75) is 19.3 Å². The molecule has 0 radical (unpaired) electrons. The monoisotopic (exact) mass is 238 g/mol. The molecule has 2 aromatic rings. The average Bonchev–Trinajstić information content (AvgIpc) is 2.76. The molecular formula is C16H14O2. The minimum atomic E-state index is -0.764. The van der Waals surface area contributed by atoms with Crippen LogP contribution >= 0.6 is 0 Å². The van der Waals surface area contributed by atoms with Crippen molar-refractivity contribution >= 4 is 5.97 Å². The zero-order valence-electron chi connectivity index (χ0n) is 10.2. The van der Waals surface area contributed by atoms with E-state index in [0.717, 1.165) is 12.0 Å². The van der Waals surface area contributed by atoms with Crippen LogP contribution in [0, 0.1) is 0 Å². The van der Waals surface area contributed by atoms with Gasteiger partial charge in [0.2, 0.25) is 0 Å². The van der Waals surface area contributed by atoms with Crippen molar-refractivity contribution in [3.05, 3.63) is 59.2 Å². The molecule has 1 unspecified atom stereocenters. The SMILES string of the molecule is CC(C(=O)O)c1cccc2c1Cc1ccccc1-2. The fraction of sp³-hybridized carbons (Fsp3) is 0.188. The zero-order valence-corrected chi connectivity index (χ0v) is 10.2. The second-order valence-electron chi connectivity index (χ2n) is 4.77. The standard InChI is InChI=1S/C16H14O2/c1-10(16(17)18)12-7-4-8-14-13-6-3-2-5-11(13)9-15(12)14/h2-8,10H,9H2,1H3,(H,17,18). The van der Waals surface area contributed by atoms with Gasteiger partial charge in [-0.05, 0) is 41.2 Å². The van der Waals surface area contributed by atoms with E-state index in [-0.39, 0.29) is 0 Å². The highest BCUT2D eigenvalue weighted by Gasteiger charge is 2.24. The van der Waals surface area contributed by atoms with Gasteiger partial charge in [0.05, 0.1) is 5.92 Å². The van der Waals surface area contributed by atoms with E-state index in [1.54, 1.807) is 6.92 Å². The first kappa shape index (κ1) is 11.0. The van der Waals surface area contributed by atoms with Gasteiger partial charge in [0, 0.05) is 0 Å². The quantitative estimate of drug-likeness (QED) is 0.742. The summed E-state index contributed by atoms with van der Waals surface area (Å²) in [4.78, 5) is 11.2. The third-order valence-corrected chi connectivity index (χ3v) is 3.72. The number of hydrogen-bond donors (Lipinski definition) is 1. The lowest BCUT2D eigenvalue weighted by Crippen LogP contribution is -2.09. The van der Waals surface area contributed by atoms with Gasteiger partial charge in [-0.2, -0.15) is 0 Å².